The van der Waals surface area contributed by atoms with Gasteiger partial charge in [-0.3, -0.25) is 0 Å². The summed E-state index contributed by atoms with van der Waals surface area (Å²) in [6.45, 7) is 7.48. The molecule has 1 saturated heterocycles. The monoisotopic (exact) mass is 184 g/mol. The number of aliphatic hydroxyl groups is 1. The molecule has 0 bridgehead atoms. The van der Waals surface area contributed by atoms with Crippen molar-refractivity contribution in [2.45, 2.75) is 38.7 Å². The first-order chi connectivity index (χ1) is 6.20. The van der Waals surface area contributed by atoms with Gasteiger partial charge in [0.15, 0.2) is 0 Å². The highest BCUT2D eigenvalue weighted by Gasteiger charge is 2.21. The van der Waals surface area contributed by atoms with Gasteiger partial charge in [-0.1, -0.05) is 5.57 Å². The zero-order valence-corrected chi connectivity index (χ0v) is 8.46. The van der Waals surface area contributed by atoms with E-state index in [-0.39, 0.29) is 6.10 Å². The molecule has 0 radical (unpaired) electrons. The lowest BCUT2D eigenvalue weighted by molar-refractivity contribution is 0.00518. The highest BCUT2D eigenvalue weighted by Crippen LogP contribution is 2.22. The van der Waals surface area contributed by atoms with Gasteiger partial charge in [-0.2, -0.15) is 0 Å². The summed E-state index contributed by atoms with van der Waals surface area (Å²) >= 11 is 0. The zero-order valence-electron chi connectivity index (χ0n) is 8.46. The van der Waals surface area contributed by atoms with Gasteiger partial charge in [-0.05, 0) is 38.5 Å². The lowest BCUT2D eigenvalue weighted by atomic mass is 9.90. The number of aliphatic hydroxyl groups excluding tert-OH is 1. The molecule has 0 amide bonds. The fraction of sp³-hybridized carbons (Fsp3) is 0.818. The molecular weight excluding hydrogens is 164 g/mol. The van der Waals surface area contributed by atoms with Crippen molar-refractivity contribution in [3.05, 3.63) is 12.2 Å². The number of hydrogen-bond donors (Lipinski definition) is 1. The first kappa shape index (κ1) is 10.7. The van der Waals surface area contributed by atoms with Crippen LogP contribution in [0.15, 0.2) is 12.2 Å². The van der Waals surface area contributed by atoms with Gasteiger partial charge < -0.3 is 9.84 Å². The van der Waals surface area contributed by atoms with E-state index < -0.39 is 0 Å². The predicted molar refractivity (Wildman–Crippen MR) is 53.6 cm³/mol. The van der Waals surface area contributed by atoms with E-state index in [0.29, 0.717) is 5.92 Å². The SMILES string of the molecule is C=C(C)CCC(O)C1CCOCC1. The molecule has 0 aromatic carbocycles. The van der Waals surface area contributed by atoms with Crippen molar-refractivity contribution in [1.82, 2.24) is 0 Å². The molecule has 0 spiro atoms. The average Bonchev–Trinajstić information content (AvgIpc) is 2.15. The maximum atomic E-state index is 9.83. The van der Waals surface area contributed by atoms with Crippen molar-refractivity contribution in [2.24, 2.45) is 5.92 Å². The van der Waals surface area contributed by atoms with E-state index in [0.717, 1.165) is 44.5 Å². The Labute approximate surface area is 80.6 Å². The first-order valence-corrected chi connectivity index (χ1v) is 5.10. The second-order valence-corrected chi connectivity index (χ2v) is 4.01. The van der Waals surface area contributed by atoms with E-state index in [9.17, 15) is 5.11 Å². The minimum Gasteiger partial charge on any atom is -0.393 e. The van der Waals surface area contributed by atoms with Crippen LogP contribution in [0.2, 0.25) is 0 Å². The predicted octanol–water partition coefficient (Wildman–Crippen LogP) is 2.13. The molecule has 1 N–H and O–H groups in total. The van der Waals surface area contributed by atoms with Crippen LogP contribution in [0.3, 0.4) is 0 Å². The highest BCUT2D eigenvalue weighted by molar-refractivity contribution is 4.89. The van der Waals surface area contributed by atoms with Gasteiger partial charge in [-0.15, -0.1) is 6.58 Å². The van der Waals surface area contributed by atoms with Gasteiger partial charge in [0.1, 0.15) is 0 Å². The summed E-state index contributed by atoms with van der Waals surface area (Å²) in [5.41, 5.74) is 1.16. The van der Waals surface area contributed by atoms with Crippen molar-refractivity contribution >= 4 is 0 Å². The fourth-order valence-electron chi connectivity index (χ4n) is 1.73. The summed E-state index contributed by atoms with van der Waals surface area (Å²) in [4.78, 5) is 0. The lowest BCUT2D eigenvalue weighted by Crippen LogP contribution is -2.27. The van der Waals surface area contributed by atoms with Crippen molar-refractivity contribution in [1.29, 1.82) is 0 Å². The Morgan fingerprint density at radius 2 is 2.15 bits per heavy atom. The van der Waals surface area contributed by atoms with Gasteiger partial charge >= 0.3 is 0 Å². The third kappa shape index (κ3) is 3.92. The lowest BCUT2D eigenvalue weighted by Gasteiger charge is -2.26. The molecule has 1 fully saturated rings. The molecule has 2 heteroatoms. The normalized spacial score (nSPS) is 21.4. The largest absolute Gasteiger partial charge is 0.393 e. The summed E-state index contributed by atoms with van der Waals surface area (Å²) in [7, 11) is 0. The second-order valence-electron chi connectivity index (χ2n) is 4.01. The van der Waals surface area contributed by atoms with Gasteiger partial charge in [0.2, 0.25) is 0 Å². The van der Waals surface area contributed by atoms with Crippen LogP contribution in [0.5, 0.6) is 0 Å². The maximum absolute atomic E-state index is 9.83. The van der Waals surface area contributed by atoms with E-state index in [2.05, 4.69) is 6.58 Å². The van der Waals surface area contributed by atoms with E-state index in [1.807, 2.05) is 6.92 Å². The van der Waals surface area contributed by atoms with Crippen LogP contribution >= 0.6 is 0 Å². The smallest absolute Gasteiger partial charge is 0.0573 e. The summed E-state index contributed by atoms with van der Waals surface area (Å²) in [5.74, 6) is 0.452. The van der Waals surface area contributed by atoms with E-state index in [1.54, 1.807) is 0 Å². The maximum Gasteiger partial charge on any atom is 0.0573 e. The molecule has 1 aliphatic heterocycles. The number of rotatable bonds is 4. The van der Waals surface area contributed by atoms with Gasteiger partial charge in [0, 0.05) is 13.2 Å². The summed E-state index contributed by atoms with van der Waals surface area (Å²) in [6.07, 6.45) is 3.67. The van der Waals surface area contributed by atoms with E-state index >= 15 is 0 Å². The summed E-state index contributed by atoms with van der Waals surface area (Å²) < 4.78 is 5.25. The molecule has 0 aromatic heterocycles. The topological polar surface area (TPSA) is 29.5 Å². The van der Waals surface area contributed by atoms with E-state index in [4.69, 9.17) is 4.74 Å². The van der Waals surface area contributed by atoms with Crippen LogP contribution < -0.4 is 0 Å². The second kappa shape index (κ2) is 5.40. The molecule has 76 valence electrons. The molecule has 2 nitrogen and oxygen atoms in total. The number of hydrogen-bond acceptors (Lipinski definition) is 2. The van der Waals surface area contributed by atoms with Crippen LogP contribution in [0.1, 0.15) is 32.6 Å². The third-order valence-corrected chi connectivity index (χ3v) is 2.68. The molecule has 0 aliphatic carbocycles. The Balaban J connectivity index is 2.20. The van der Waals surface area contributed by atoms with Crippen LogP contribution in [-0.4, -0.2) is 24.4 Å². The van der Waals surface area contributed by atoms with Crippen LogP contribution in [-0.2, 0) is 4.74 Å². The van der Waals surface area contributed by atoms with Crippen LogP contribution in [0.4, 0.5) is 0 Å². The standard InChI is InChI=1S/C11H20O2/c1-9(2)3-4-11(12)10-5-7-13-8-6-10/h10-12H,1,3-8H2,2H3. The molecule has 0 aromatic rings. The molecule has 1 aliphatic rings. The summed E-state index contributed by atoms with van der Waals surface area (Å²) in [5, 5.41) is 9.83. The van der Waals surface area contributed by atoms with Crippen LogP contribution in [0.25, 0.3) is 0 Å². The van der Waals surface area contributed by atoms with Gasteiger partial charge in [0.25, 0.3) is 0 Å². The summed E-state index contributed by atoms with van der Waals surface area (Å²) in [6, 6.07) is 0. The van der Waals surface area contributed by atoms with Gasteiger partial charge in [-0.25, -0.2) is 0 Å². The number of allylic oxidation sites excluding steroid dienone is 1. The Kier molecular flexibility index (Phi) is 4.46. The molecular formula is C11H20O2. The van der Waals surface area contributed by atoms with E-state index in [1.165, 1.54) is 0 Å². The van der Waals surface area contributed by atoms with Crippen molar-refractivity contribution in [3.8, 4) is 0 Å². The molecule has 0 saturated carbocycles. The molecule has 13 heavy (non-hydrogen) atoms. The Morgan fingerprint density at radius 3 is 2.69 bits per heavy atom. The highest BCUT2D eigenvalue weighted by atomic mass is 16.5. The fourth-order valence-corrected chi connectivity index (χ4v) is 1.73. The van der Waals surface area contributed by atoms with Crippen LogP contribution in [0, 0.1) is 5.92 Å². The van der Waals surface area contributed by atoms with Crippen molar-refractivity contribution < 1.29 is 9.84 Å². The molecule has 1 atom stereocenters. The van der Waals surface area contributed by atoms with Gasteiger partial charge in [0.05, 0.1) is 6.10 Å². The third-order valence-electron chi connectivity index (χ3n) is 2.68. The number of ether oxygens (including phenoxy) is 1. The minimum atomic E-state index is -0.152. The minimum absolute atomic E-state index is 0.152. The Morgan fingerprint density at radius 1 is 1.54 bits per heavy atom. The Hall–Kier alpha value is -0.340. The molecule has 1 unspecified atom stereocenters. The quantitative estimate of drug-likeness (QED) is 0.678. The van der Waals surface area contributed by atoms with Crippen molar-refractivity contribution in [2.75, 3.05) is 13.2 Å². The zero-order chi connectivity index (χ0) is 9.68. The first-order valence-electron chi connectivity index (χ1n) is 5.10. The molecule has 1 rings (SSSR count). The molecule has 1 heterocycles. The van der Waals surface area contributed by atoms with Crippen molar-refractivity contribution in [3.63, 3.8) is 0 Å². The average molecular weight is 184 g/mol. The Bertz CT molecular complexity index is 159.